The van der Waals surface area contributed by atoms with Crippen LogP contribution in [0.5, 0.6) is 0 Å². The highest BCUT2D eigenvalue weighted by Gasteiger charge is 2.48. The van der Waals surface area contributed by atoms with Crippen molar-refractivity contribution in [3.05, 3.63) is 100 Å². The Labute approximate surface area is 193 Å². The Morgan fingerprint density at radius 1 is 0.970 bits per heavy atom. The van der Waals surface area contributed by atoms with Crippen LogP contribution in [0.4, 0.5) is 9.52 Å². The minimum absolute atomic E-state index is 0.0501. The summed E-state index contributed by atoms with van der Waals surface area (Å²) in [6, 6.07) is 17.4. The molecular formula is C26H19FN2O3S. The zero-order valence-electron chi connectivity index (χ0n) is 17.9. The van der Waals surface area contributed by atoms with Crippen molar-refractivity contribution in [3.63, 3.8) is 0 Å². The average Bonchev–Trinajstić information content (AvgIpc) is 3.32. The molecule has 0 saturated carbocycles. The van der Waals surface area contributed by atoms with E-state index in [2.05, 4.69) is 4.98 Å². The number of rotatable bonds is 3. The summed E-state index contributed by atoms with van der Waals surface area (Å²) in [4.78, 5) is 32.3. The summed E-state index contributed by atoms with van der Waals surface area (Å²) in [6.45, 7) is 3.88. The van der Waals surface area contributed by atoms with E-state index >= 15 is 0 Å². The van der Waals surface area contributed by atoms with Crippen LogP contribution in [0.3, 0.4) is 0 Å². The molecular weight excluding hydrogens is 439 g/mol. The fourth-order valence-corrected chi connectivity index (χ4v) is 5.07. The van der Waals surface area contributed by atoms with Crippen LogP contribution in [0.1, 0.15) is 28.3 Å². The lowest BCUT2D eigenvalue weighted by Crippen LogP contribution is -2.29. The molecule has 1 saturated heterocycles. The molecule has 4 aromatic rings. The number of Topliss-reactive ketones (excluding diaryl/α,β-unsaturated/α-hetero) is 1. The average molecular weight is 459 g/mol. The molecule has 5 nitrogen and oxygen atoms in total. The van der Waals surface area contributed by atoms with E-state index in [1.165, 1.54) is 40.5 Å². The molecule has 164 valence electrons. The van der Waals surface area contributed by atoms with Gasteiger partial charge in [0.05, 0.1) is 21.8 Å². The molecule has 1 fully saturated rings. The normalized spacial score (nSPS) is 17.8. The van der Waals surface area contributed by atoms with Crippen molar-refractivity contribution in [1.29, 1.82) is 0 Å². The van der Waals surface area contributed by atoms with Crippen molar-refractivity contribution in [2.45, 2.75) is 19.9 Å². The Kier molecular flexibility index (Phi) is 5.06. The van der Waals surface area contributed by atoms with Gasteiger partial charge in [-0.1, -0.05) is 59.4 Å². The van der Waals surface area contributed by atoms with Crippen LogP contribution in [0.25, 0.3) is 16.0 Å². The van der Waals surface area contributed by atoms with E-state index in [1.54, 1.807) is 12.1 Å². The Hall–Kier alpha value is -3.84. The quantitative estimate of drug-likeness (QED) is 0.244. The number of aliphatic hydroxyl groups excluding tert-OH is 1. The predicted octanol–water partition coefficient (Wildman–Crippen LogP) is 5.68. The number of carbonyl (C=O) groups excluding carboxylic acids is 2. The van der Waals surface area contributed by atoms with E-state index in [0.29, 0.717) is 21.8 Å². The summed E-state index contributed by atoms with van der Waals surface area (Å²) < 4.78 is 14.5. The summed E-state index contributed by atoms with van der Waals surface area (Å²) in [7, 11) is 0. The monoisotopic (exact) mass is 458 g/mol. The van der Waals surface area contributed by atoms with Gasteiger partial charge in [-0.3, -0.25) is 14.5 Å². The molecule has 5 rings (SSSR count). The molecule has 0 spiro atoms. The second-order valence-electron chi connectivity index (χ2n) is 8.05. The molecule has 1 N–H and O–H groups in total. The number of hydrogen-bond donors (Lipinski definition) is 1. The zero-order chi connectivity index (χ0) is 23.3. The number of carbonyl (C=O) groups is 2. The van der Waals surface area contributed by atoms with E-state index in [-0.39, 0.29) is 11.3 Å². The number of benzene rings is 3. The van der Waals surface area contributed by atoms with Crippen LogP contribution in [0.15, 0.2) is 72.3 Å². The zero-order valence-corrected chi connectivity index (χ0v) is 18.7. The molecule has 1 amide bonds. The van der Waals surface area contributed by atoms with Crippen molar-refractivity contribution in [2.75, 3.05) is 4.90 Å². The maximum absolute atomic E-state index is 13.7. The molecule has 0 aliphatic carbocycles. The Balaban J connectivity index is 1.73. The lowest BCUT2D eigenvalue weighted by atomic mass is 9.95. The summed E-state index contributed by atoms with van der Waals surface area (Å²) in [5.74, 6) is -2.31. The third-order valence-corrected chi connectivity index (χ3v) is 6.71. The molecule has 2 heterocycles. The largest absolute Gasteiger partial charge is 0.507 e. The molecule has 0 bridgehead atoms. The maximum Gasteiger partial charge on any atom is 0.301 e. The first kappa shape index (κ1) is 21.0. The number of fused-ring (bicyclic) bond motifs is 1. The van der Waals surface area contributed by atoms with Crippen LogP contribution in [-0.4, -0.2) is 21.8 Å². The fourth-order valence-electron chi connectivity index (χ4n) is 3.98. The van der Waals surface area contributed by atoms with E-state index < -0.39 is 23.5 Å². The van der Waals surface area contributed by atoms with Crippen molar-refractivity contribution >= 4 is 44.1 Å². The second kappa shape index (κ2) is 7.94. The SMILES string of the molecule is Cc1ccc(C(O)=C2C(=O)C(=O)N(c3nc4ccc(C)cc4s3)C2c2ccc(F)cc2)cc1. The topological polar surface area (TPSA) is 70.5 Å². The number of aliphatic hydroxyl groups is 1. The van der Waals surface area contributed by atoms with Crippen molar-refractivity contribution in [3.8, 4) is 0 Å². The van der Waals surface area contributed by atoms with Crippen molar-refractivity contribution in [1.82, 2.24) is 4.98 Å². The highest BCUT2D eigenvalue weighted by molar-refractivity contribution is 7.22. The third-order valence-electron chi connectivity index (χ3n) is 5.69. The molecule has 1 atom stereocenters. The van der Waals surface area contributed by atoms with E-state index in [4.69, 9.17) is 0 Å². The molecule has 1 aliphatic heterocycles. The number of anilines is 1. The molecule has 7 heteroatoms. The maximum atomic E-state index is 13.7. The highest BCUT2D eigenvalue weighted by atomic mass is 32.1. The molecule has 0 radical (unpaired) electrons. The standard InChI is InChI=1S/C26H19FN2O3S/c1-14-3-6-17(7-4-14)23(30)21-22(16-8-10-18(27)11-9-16)29(25(32)24(21)31)26-28-19-12-5-15(2)13-20(19)33-26/h3-13,22,30H,1-2H3. The van der Waals surface area contributed by atoms with E-state index in [9.17, 15) is 19.1 Å². The summed E-state index contributed by atoms with van der Waals surface area (Å²) in [5.41, 5.74) is 3.62. The van der Waals surface area contributed by atoms with Crippen molar-refractivity contribution < 1.29 is 19.1 Å². The fraction of sp³-hybridized carbons (Fsp3) is 0.115. The summed E-state index contributed by atoms with van der Waals surface area (Å²) >= 11 is 1.29. The van der Waals surface area contributed by atoms with Gasteiger partial charge in [-0.25, -0.2) is 9.37 Å². The summed E-state index contributed by atoms with van der Waals surface area (Å²) in [5, 5.41) is 11.5. The third kappa shape index (κ3) is 3.60. The second-order valence-corrected chi connectivity index (χ2v) is 9.06. The molecule has 1 aromatic heterocycles. The van der Waals surface area contributed by atoms with Crippen LogP contribution in [0, 0.1) is 19.7 Å². The van der Waals surface area contributed by atoms with E-state index in [0.717, 1.165) is 15.8 Å². The van der Waals surface area contributed by atoms with Gasteiger partial charge in [0.15, 0.2) is 5.13 Å². The molecule has 33 heavy (non-hydrogen) atoms. The first-order valence-electron chi connectivity index (χ1n) is 10.3. The van der Waals surface area contributed by atoms with Gasteiger partial charge in [0.2, 0.25) is 0 Å². The minimum atomic E-state index is -0.937. The van der Waals surface area contributed by atoms with Crippen LogP contribution in [-0.2, 0) is 9.59 Å². The van der Waals surface area contributed by atoms with Crippen LogP contribution < -0.4 is 4.90 Å². The lowest BCUT2D eigenvalue weighted by Gasteiger charge is -2.23. The number of thiazole rings is 1. The number of ketones is 1. The number of halogens is 1. The lowest BCUT2D eigenvalue weighted by molar-refractivity contribution is -0.132. The summed E-state index contributed by atoms with van der Waals surface area (Å²) in [6.07, 6.45) is 0. The number of nitrogens with zero attached hydrogens (tertiary/aromatic N) is 2. The molecule has 3 aromatic carbocycles. The molecule has 1 aliphatic rings. The van der Waals surface area contributed by atoms with Crippen LogP contribution in [0.2, 0.25) is 0 Å². The van der Waals surface area contributed by atoms with Crippen LogP contribution >= 0.6 is 11.3 Å². The Morgan fingerprint density at radius 3 is 2.33 bits per heavy atom. The van der Waals surface area contributed by atoms with Gasteiger partial charge < -0.3 is 5.11 Å². The minimum Gasteiger partial charge on any atom is -0.507 e. The predicted molar refractivity (Wildman–Crippen MR) is 127 cm³/mol. The number of hydrogen-bond acceptors (Lipinski definition) is 5. The van der Waals surface area contributed by atoms with Gasteiger partial charge >= 0.3 is 5.91 Å². The first-order valence-corrected chi connectivity index (χ1v) is 11.2. The van der Waals surface area contributed by atoms with Gasteiger partial charge in [0, 0.05) is 5.56 Å². The van der Waals surface area contributed by atoms with Gasteiger partial charge in [-0.05, 0) is 49.2 Å². The smallest absolute Gasteiger partial charge is 0.301 e. The van der Waals surface area contributed by atoms with Gasteiger partial charge in [-0.2, -0.15) is 0 Å². The Bertz CT molecular complexity index is 1440. The number of aromatic nitrogens is 1. The van der Waals surface area contributed by atoms with E-state index in [1.807, 2.05) is 44.2 Å². The number of aryl methyl sites for hydroxylation is 2. The van der Waals surface area contributed by atoms with Gasteiger partial charge in [0.25, 0.3) is 5.78 Å². The van der Waals surface area contributed by atoms with Gasteiger partial charge in [-0.15, -0.1) is 0 Å². The highest BCUT2D eigenvalue weighted by Crippen LogP contribution is 2.44. The Morgan fingerprint density at radius 2 is 1.64 bits per heavy atom. The first-order chi connectivity index (χ1) is 15.8. The number of amides is 1. The molecule has 1 unspecified atom stereocenters. The van der Waals surface area contributed by atoms with Crippen molar-refractivity contribution in [2.24, 2.45) is 0 Å². The van der Waals surface area contributed by atoms with Gasteiger partial charge in [0.1, 0.15) is 11.6 Å².